The fraction of sp³-hybridized carbons (Fsp3) is 0.227. The average molecular weight is 401 g/mol. The first-order valence-electron chi connectivity index (χ1n) is 9.52. The largest absolute Gasteiger partial charge is 0.295 e. The molecule has 7 heteroatoms. The highest BCUT2D eigenvalue weighted by molar-refractivity contribution is 7.18. The van der Waals surface area contributed by atoms with Crippen LogP contribution < -0.4 is 5.56 Å². The molecule has 4 aromatic rings. The van der Waals surface area contributed by atoms with Crippen LogP contribution in [-0.2, 0) is 19.5 Å². The lowest BCUT2D eigenvalue weighted by Crippen LogP contribution is -2.32. The Bertz CT molecular complexity index is 1310. The summed E-state index contributed by atoms with van der Waals surface area (Å²) in [5, 5.41) is 13.3. The monoisotopic (exact) mass is 401 g/mol. The van der Waals surface area contributed by atoms with Gasteiger partial charge in [-0.3, -0.25) is 14.8 Å². The first-order chi connectivity index (χ1) is 14.1. The summed E-state index contributed by atoms with van der Waals surface area (Å²) in [5.41, 5.74) is 5.50. The van der Waals surface area contributed by atoms with Gasteiger partial charge < -0.3 is 0 Å². The third-order valence-corrected chi connectivity index (χ3v) is 6.29. The fourth-order valence-corrected chi connectivity index (χ4v) is 4.75. The first kappa shape index (κ1) is 17.9. The molecule has 0 atom stereocenters. The SMILES string of the molecule is Cc1nc2ccc(-n3[nH]c4c(c3=O)CN(Cc3ccc(C#N)cc3)CC4)cc2s1. The number of aromatic nitrogens is 3. The van der Waals surface area contributed by atoms with Crippen molar-refractivity contribution in [1.82, 2.24) is 19.7 Å². The van der Waals surface area contributed by atoms with Crippen LogP contribution in [-0.4, -0.2) is 26.2 Å². The van der Waals surface area contributed by atoms with Gasteiger partial charge in [0.1, 0.15) is 0 Å². The summed E-state index contributed by atoms with van der Waals surface area (Å²) in [7, 11) is 0. The quantitative estimate of drug-likeness (QED) is 0.570. The molecule has 0 unspecified atom stereocenters. The van der Waals surface area contributed by atoms with Gasteiger partial charge in [0, 0.05) is 31.7 Å². The molecule has 3 heterocycles. The Morgan fingerprint density at radius 1 is 1.24 bits per heavy atom. The van der Waals surface area contributed by atoms with Crippen molar-refractivity contribution in [3.63, 3.8) is 0 Å². The molecule has 2 aromatic heterocycles. The van der Waals surface area contributed by atoms with E-state index >= 15 is 0 Å². The second-order valence-corrected chi connectivity index (χ2v) is 8.60. The van der Waals surface area contributed by atoms with Gasteiger partial charge in [0.05, 0.1) is 38.1 Å². The van der Waals surface area contributed by atoms with Crippen molar-refractivity contribution in [2.45, 2.75) is 26.4 Å². The van der Waals surface area contributed by atoms with Gasteiger partial charge in [-0.05, 0) is 42.8 Å². The van der Waals surface area contributed by atoms with E-state index in [1.165, 1.54) is 0 Å². The summed E-state index contributed by atoms with van der Waals surface area (Å²) in [5.74, 6) is 0. The van der Waals surface area contributed by atoms with Crippen molar-refractivity contribution in [1.29, 1.82) is 5.26 Å². The highest BCUT2D eigenvalue weighted by Gasteiger charge is 2.23. The standard InChI is InChI=1S/C22H19N5OS/c1-14-24-20-7-6-17(10-21(20)29-14)27-22(28)18-13-26(9-8-19(18)25-27)12-16-4-2-15(11-23)3-5-16/h2-7,10,25H,8-9,12-13H2,1H3. The summed E-state index contributed by atoms with van der Waals surface area (Å²) < 4.78 is 2.74. The number of H-pyrrole nitrogens is 1. The van der Waals surface area contributed by atoms with Crippen LogP contribution in [0.2, 0.25) is 0 Å². The first-order valence-corrected chi connectivity index (χ1v) is 10.3. The minimum atomic E-state index is 0.0186. The van der Waals surface area contributed by atoms with Crippen LogP contribution in [0.4, 0.5) is 0 Å². The van der Waals surface area contributed by atoms with Crippen LogP contribution in [0.5, 0.6) is 0 Å². The molecule has 0 aliphatic carbocycles. The molecule has 5 rings (SSSR count). The third kappa shape index (κ3) is 3.27. The van der Waals surface area contributed by atoms with Crippen LogP contribution in [0.25, 0.3) is 15.9 Å². The van der Waals surface area contributed by atoms with Gasteiger partial charge in [0.15, 0.2) is 0 Å². The normalized spacial score (nSPS) is 14.1. The minimum Gasteiger partial charge on any atom is -0.295 e. The van der Waals surface area contributed by atoms with E-state index in [1.54, 1.807) is 16.0 Å². The Kier molecular flexibility index (Phi) is 4.31. The van der Waals surface area contributed by atoms with E-state index in [2.05, 4.69) is 21.1 Å². The maximum Gasteiger partial charge on any atom is 0.275 e. The molecule has 1 aliphatic heterocycles. The van der Waals surface area contributed by atoms with E-state index in [1.807, 2.05) is 49.4 Å². The zero-order valence-corrected chi connectivity index (χ0v) is 16.8. The number of aromatic amines is 1. The van der Waals surface area contributed by atoms with Gasteiger partial charge in [-0.1, -0.05) is 12.1 Å². The lowest BCUT2D eigenvalue weighted by Gasteiger charge is -2.25. The lowest BCUT2D eigenvalue weighted by molar-refractivity contribution is 0.244. The Morgan fingerprint density at radius 2 is 2.07 bits per heavy atom. The maximum atomic E-state index is 13.1. The van der Waals surface area contributed by atoms with Crippen molar-refractivity contribution < 1.29 is 0 Å². The molecule has 0 spiro atoms. The number of thiazole rings is 1. The van der Waals surface area contributed by atoms with Gasteiger partial charge in [-0.2, -0.15) is 5.26 Å². The van der Waals surface area contributed by atoms with E-state index in [4.69, 9.17) is 5.26 Å². The van der Waals surface area contributed by atoms with Crippen LogP contribution in [0.3, 0.4) is 0 Å². The molecule has 29 heavy (non-hydrogen) atoms. The lowest BCUT2D eigenvalue weighted by atomic mass is 10.1. The van der Waals surface area contributed by atoms with Crippen LogP contribution in [0.1, 0.15) is 27.4 Å². The minimum absolute atomic E-state index is 0.0186. The van der Waals surface area contributed by atoms with Crippen LogP contribution >= 0.6 is 11.3 Å². The Morgan fingerprint density at radius 3 is 2.86 bits per heavy atom. The number of nitriles is 1. The van der Waals surface area contributed by atoms with Crippen LogP contribution in [0, 0.1) is 18.3 Å². The molecule has 0 saturated carbocycles. The number of benzene rings is 2. The number of rotatable bonds is 3. The fourth-order valence-electron chi connectivity index (χ4n) is 3.89. The van der Waals surface area contributed by atoms with Gasteiger partial charge in [-0.15, -0.1) is 11.3 Å². The zero-order valence-electron chi connectivity index (χ0n) is 16.0. The van der Waals surface area contributed by atoms with E-state index in [-0.39, 0.29) is 5.56 Å². The molecule has 6 nitrogen and oxygen atoms in total. The number of nitrogens with one attached hydrogen (secondary N) is 1. The van der Waals surface area contributed by atoms with Gasteiger partial charge in [0.25, 0.3) is 5.56 Å². The van der Waals surface area contributed by atoms with E-state index in [9.17, 15) is 4.79 Å². The molecule has 1 aliphatic rings. The molecule has 2 aromatic carbocycles. The zero-order chi connectivity index (χ0) is 20.0. The molecule has 1 N–H and O–H groups in total. The summed E-state index contributed by atoms with van der Waals surface area (Å²) >= 11 is 1.64. The maximum absolute atomic E-state index is 13.1. The van der Waals surface area contributed by atoms with Crippen molar-refractivity contribution >= 4 is 21.6 Å². The number of hydrogen-bond donors (Lipinski definition) is 1. The molecule has 144 valence electrons. The average Bonchev–Trinajstić information content (AvgIpc) is 3.27. The molecule has 0 bridgehead atoms. The van der Waals surface area contributed by atoms with E-state index < -0.39 is 0 Å². The Labute approximate surface area is 171 Å². The summed E-state index contributed by atoms with van der Waals surface area (Å²) in [6, 6.07) is 15.7. The second kappa shape index (κ2) is 6.99. The van der Waals surface area contributed by atoms with Gasteiger partial charge in [-0.25, -0.2) is 9.67 Å². The Balaban J connectivity index is 1.41. The Hall–Kier alpha value is -3.21. The molecule has 0 fully saturated rings. The van der Waals surface area contributed by atoms with Crippen LogP contribution in [0.15, 0.2) is 47.3 Å². The van der Waals surface area contributed by atoms with Gasteiger partial charge in [0.2, 0.25) is 0 Å². The van der Waals surface area contributed by atoms with E-state index in [0.717, 1.165) is 57.2 Å². The van der Waals surface area contributed by atoms with Gasteiger partial charge >= 0.3 is 0 Å². The highest BCUT2D eigenvalue weighted by Crippen LogP contribution is 2.24. The topological polar surface area (TPSA) is 77.7 Å². The smallest absolute Gasteiger partial charge is 0.275 e. The third-order valence-electron chi connectivity index (χ3n) is 5.36. The van der Waals surface area contributed by atoms with Crippen molar-refractivity contribution in [3.8, 4) is 11.8 Å². The number of fused-ring (bicyclic) bond motifs is 2. The number of nitrogens with zero attached hydrogens (tertiary/aromatic N) is 4. The predicted octanol–water partition coefficient (Wildman–Crippen LogP) is 3.51. The number of aryl methyl sites for hydroxylation is 1. The number of hydrogen-bond acceptors (Lipinski definition) is 5. The molecule has 0 saturated heterocycles. The van der Waals surface area contributed by atoms with Crippen molar-refractivity contribution in [2.24, 2.45) is 0 Å². The predicted molar refractivity (Wildman–Crippen MR) is 113 cm³/mol. The molecular weight excluding hydrogens is 382 g/mol. The van der Waals surface area contributed by atoms with Crippen molar-refractivity contribution in [3.05, 3.63) is 80.2 Å². The molecular formula is C22H19N5OS. The summed E-state index contributed by atoms with van der Waals surface area (Å²) in [6.07, 6.45) is 0.815. The molecule has 0 amide bonds. The summed E-state index contributed by atoms with van der Waals surface area (Å²) in [6.45, 7) is 4.27. The highest BCUT2D eigenvalue weighted by atomic mass is 32.1. The summed E-state index contributed by atoms with van der Waals surface area (Å²) in [4.78, 5) is 19.9. The van der Waals surface area contributed by atoms with Crippen molar-refractivity contribution in [2.75, 3.05) is 6.54 Å². The molecule has 0 radical (unpaired) electrons. The van der Waals surface area contributed by atoms with E-state index in [0.29, 0.717) is 12.1 Å². The second-order valence-electron chi connectivity index (χ2n) is 7.36.